The van der Waals surface area contributed by atoms with Gasteiger partial charge in [0, 0.05) is 18.8 Å². The number of aliphatic hydroxyl groups is 10. The summed E-state index contributed by atoms with van der Waals surface area (Å²) in [4.78, 5) is 10.9. The molecule has 3 rings (SSSR count). The van der Waals surface area contributed by atoms with Crippen LogP contribution in [0.2, 0.25) is 0 Å². The Morgan fingerprint density at radius 3 is 1.41 bits per heavy atom. The molecule has 3 aliphatic heterocycles. The number of amides is 1. The van der Waals surface area contributed by atoms with Crippen LogP contribution >= 0.6 is 0 Å². The summed E-state index contributed by atoms with van der Waals surface area (Å²) in [6.45, 7) is 7.15. The number of carbonyl (C=O) groups excluding carboxylic acids is 1. The van der Waals surface area contributed by atoms with Crippen molar-refractivity contribution in [1.29, 1.82) is 0 Å². The van der Waals surface area contributed by atoms with Crippen LogP contribution in [0, 0.1) is 11.8 Å². The van der Waals surface area contributed by atoms with E-state index in [1.807, 2.05) is 13.8 Å². The zero-order chi connectivity index (χ0) is 30.2. The summed E-state index contributed by atoms with van der Waals surface area (Å²) < 4.78 is 15.4. The van der Waals surface area contributed by atoms with Gasteiger partial charge >= 0.3 is 0 Å². The molecule has 0 bridgehead atoms. The van der Waals surface area contributed by atoms with Crippen molar-refractivity contribution in [1.82, 2.24) is 5.32 Å². The third kappa shape index (κ3) is 9.49. The van der Waals surface area contributed by atoms with Gasteiger partial charge in [-0.1, -0.05) is 13.8 Å². The Balaban J connectivity index is 0.000000295. The lowest BCUT2D eigenvalue weighted by Gasteiger charge is -2.41. The van der Waals surface area contributed by atoms with E-state index in [0.29, 0.717) is 0 Å². The number of rotatable bonds is 4. The SMILES string of the molecule is CC(=O)NC1C(C)OC(CO)C(O)C1O.CC1C(O)OC(CO)C(O)C1O.CC1OC(CO)C(O)C(O)C1C. The van der Waals surface area contributed by atoms with Gasteiger partial charge in [0.05, 0.1) is 50.3 Å². The predicted molar refractivity (Wildman–Crippen MR) is 133 cm³/mol. The van der Waals surface area contributed by atoms with E-state index in [1.165, 1.54) is 6.92 Å². The summed E-state index contributed by atoms with van der Waals surface area (Å²) in [5.41, 5.74) is 0. The average Bonchev–Trinajstić information content (AvgIpc) is 2.90. The van der Waals surface area contributed by atoms with Gasteiger partial charge in [-0.3, -0.25) is 4.79 Å². The molecule has 0 radical (unpaired) electrons. The second kappa shape index (κ2) is 16.4. The third-order valence-corrected chi connectivity index (χ3v) is 7.34. The minimum atomic E-state index is -1.19. The second-order valence-electron chi connectivity index (χ2n) is 10.3. The highest BCUT2D eigenvalue weighted by atomic mass is 16.6. The van der Waals surface area contributed by atoms with Crippen molar-refractivity contribution in [2.45, 2.75) is 114 Å². The lowest BCUT2D eigenvalue weighted by atomic mass is 9.89. The summed E-state index contributed by atoms with van der Waals surface area (Å²) in [6.07, 6.45) is -10.3. The fourth-order valence-corrected chi connectivity index (χ4v) is 4.41. The van der Waals surface area contributed by atoms with Gasteiger partial charge in [0.1, 0.15) is 42.7 Å². The molecule has 15 atom stereocenters. The lowest BCUT2D eigenvalue weighted by molar-refractivity contribution is -0.266. The molecule has 0 aromatic heterocycles. The zero-order valence-electron chi connectivity index (χ0n) is 22.9. The molecule has 1 amide bonds. The summed E-state index contributed by atoms with van der Waals surface area (Å²) in [7, 11) is 0. The normalized spacial score (nSPS) is 46.2. The largest absolute Gasteiger partial charge is 0.394 e. The summed E-state index contributed by atoms with van der Waals surface area (Å²) in [5.74, 6) is -0.935. The van der Waals surface area contributed by atoms with Crippen LogP contribution in [0.4, 0.5) is 0 Å². The lowest BCUT2D eigenvalue weighted by Crippen LogP contribution is -2.63. The molecule has 15 nitrogen and oxygen atoms in total. The molecule has 0 aromatic carbocycles. The van der Waals surface area contributed by atoms with E-state index >= 15 is 0 Å². The Morgan fingerprint density at radius 1 is 0.590 bits per heavy atom. The molecule has 15 heteroatoms. The maximum absolute atomic E-state index is 10.9. The van der Waals surface area contributed by atoms with Crippen LogP contribution in [0.3, 0.4) is 0 Å². The van der Waals surface area contributed by atoms with E-state index in [9.17, 15) is 35.4 Å². The van der Waals surface area contributed by atoms with Crippen LogP contribution in [-0.4, -0.2) is 156 Å². The number of hydrogen-bond donors (Lipinski definition) is 11. The van der Waals surface area contributed by atoms with Gasteiger partial charge in [0.25, 0.3) is 0 Å². The molecule has 0 spiro atoms. The highest BCUT2D eigenvalue weighted by Gasteiger charge is 2.43. The van der Waals surface area contributed by atoms with E-state index in [-0.39, 0.29) is 31.1 Å². The van der Waals surface area contributed by atoms with E-state index < -0.39 is 85.9 Å². The van der Waals surface area contributed by atoms with Crippen molar-refractivity contribution in [3.05, 3.63) is 0 Å². The van der Waals surface area contributed by atoms with Crippen molar-refractivity contribution in [2.24, 2.45) is 11.8 Å². The Labute approximate surface area is 227 Å². The fourth-order valence-electron chi connectivity index (χ4n) is 4.41. The van der Waals surface area contributed by atoms with Crippen molar-refractivity contribution in [3.8, 4) is 0 Å². The van der Waals surface area contributed by atoms with Crippen molar-refractivity contribution < 1.29 is 70.1 Å². The number of nitrogens with one attached hydrogen (secondary N) is 1. The van der Waals surface area contributed by atoms with Crippen LogP contribution in [-0.2, 0) is 19.0 Å². The molecule has 232 valence electrons. The molecular weight excluding hydrogens is 526 g/mol. The summed E-state index contributed by atoms with van der Waals surface area (Å²) in [6, 6.07) is -0.653. The third-order valence-electron chi connectivity index (χ3n) is 7.34. The second-order valence-corrected chi connectivity index (χ2v) is 10.3. The van der Waals surface area contributed by atoms with Crippen molar-refractivity contribution in [2.75, 3.05) is 19.8 Å². The minimum Gasteiger partial charge on any atom is -0.394 e. The molecule has 11 N–H and O–H groups in total. The molecular formula is C24H47NO14. The average molecular weight is 574 g/mol. The number of aliphatic hydroxyl groups excluding tert-OH is 10. The quantitative estimate of drug-likeness (QED) is 0.151. The highest BCUT2D eigenvalue weighted by Crippen LogP contribution is 2.26. The fraction of sp³-hybridized carbons (Fsp3) is 0.958. The highest BCUT2D eigenvalue weighted by molar-refractivity contribution is 5.73. The number of hydrogen-bond acceptors (Lipinski definition) is 14. The first-order valence-corrected chi connectivity index (χ1v) is 12.9. The van der Waals surface area contributed by atoms with E-state index in [0.717, 1.165) is 0 Å². The molecule has 3 heterocycles. The Hall–Kier alpha value is -1.05. The number of ether oxygens (including phenoxy) is 3. The zero-order valence-corrected chi connectivity index (χ0v) is 22.9. The first-order chi connectivity index (χ1) is 18.1. The number of carbonyl (C=O) groups is 1. The van der Waals surface area contributed by atoms with Crippen LogP contribution in [0.25, 0.3) is 0 Å². The van der Waals surface area contributed by atoms with Crippen LogP contribution in [0.1, 0.15) is 34.6 Å². The van der Waals surface area contributed by atoms with Gasteiger partial charge in [-0.05, 0) is 13.8 Å². The molecule has 15 unspecified atom stereocenters. The minimum absolute atomic E-state index is 0.0946. The van der Waals surface area contributed by atoms with Gasteiger partial charge in [-0.25, -0.2) is 0 Å². The Bertz CT molecular complexity index is 675. The maximum atomic E-state index is 10.9. The summed E-state index contributed by atoms with van der Waals surface area (Å²) >= 11 is 0. The van der Waals surface area contributed by atoms with Crippen molar-refractivity contribution >= 4 is 5.91 Å². The van der Waals surface area contributed by atoms with Gasteiger partial charge in [0.2, 0.25) is 5.91 Å². The Kier molecular flexibility index (Phi) is 15.1. The molecule has 0 aromatic rings. The Morgan fingerprint density at radius 2 is 0.974 bits per heavy atom. The summed E-state index contributed by atoms with van der Waals surface area (Å²) in [5, 5.41) is 94.7. The molecule has 3 saturated heterocycles. The van der Waals surface area contributed by atoms with E-state index in [4.69, 9.17) is 34.6 Å². The van der Waals surface area contributed by atoms with Gasteiger partial charge in [-0.2, -0.15) is 0 Å². The van der Waals surface area contributed by atoms with Crippen molar-refractivity contribution in [3.63, 3.8) is 0 Å². The monoisotopic (exact) mass is 573 g/mol. The molecule has 3 fully saturated rings. The smallest absolute Gasteiger partial charge is 0.217 e. The predicted octanol–water partition coefficient (Wildman–Crippen LogP) is -4.83. The molecule has 3 aliphatic rings. The van der Waals surface area contributed by atoms with Gasteiger partial charge in [0.15, 0.2) is 6.29 Å². The first-order valence-electron chi connectivity index (χ1n) is 12.9. The molecule has 0 aliphatic carbocycles. The standard InChI is InChI=1S/C9H17NO5.C8H16O4.C7H14O5/c1-4-7(10-5(2)12)9(14)8(13)6(3-11)15-4;1-4-5(2)12-6(3-9)8(11)7(4)10;1-3-5(9)6(10)4(2-8)12-7(3)11/h4,6-9,11,13-14H,3H2,1-2H3,(H,10,12);4-11H,3H2,1-2H3;3-11H,2H2,1H3. The first kappa shape index (κ1) is 36.0. The van der Waals surface area contributed by atoms with E-state index in [1.54, 1.807) is 13.8 Å². The van der Waals surface area contributed by atoms with Crippen LogP contribution in [0.5, 0.6) is 0 Å². The maximum Gasteiger partial charge on any atom is 0.217 e. The molecule has 0 saturated carbocycles. The van der Waals surface area contributed by atoms with Crippen LogP contribution in [0.15, 0.2) is 0 Å². The van der Waals surface area contributed by atoms with Gasteiger partial charge in [-0.15, -0.1) is 0 Å². The van der Waals surface area contributed by atoms with Gasteiger partial charge < -0.3 is 70.6 Å². The van der Waals surface area contributed by atoms with Crippen LogP contribution < -0.4 is 5.32 Å². The topological polar surface area (TPSA) is 259 Å². The van der Waals surface area contributed by atoms with E-state index in [2.05, 4.69) is 5.32 Å². The molecule has 39 heavy (non-hydrogen) atoms.